The topological polar surface area (TPSA) is 66.4 Å². The standard InChI is InChI=1S/C14H26N6O/c1-5-11(3)19-7-9-20(10-8-19)13-16-12(15-4)17-14(18-13)21-6-2/h11H,5-10H2,1-4H3,(H,15,16,17,18). The van der Waals surface area contributed by atoms with Gasteiger partial charge in [-0.3, -0.25) is 4.90 Å². The summed E-state index contributed by atoms with van der Waals surface area (Å²) in [6.45, 7) is 10.9. The Labute approximate surface area is 126 Å². The maximum atomic E-state index is 5.42. The summed E-state index contributed by atoms with van der Waals surface area (Å²) in [7, 11) is 1.80. The summed E-state index contributed by atoms with van der Waals surface area (Å²) in [6, 6.07) is 1.02. The molecule has 118 valence electrons. The molecule has 0 aliphatic carbocycles. The van der Waals surface area contributed by atoms with Crippen LogP contribution in [-0.2, 0) is 0 Å². The van der Waals surface area contributed by atoms with Gasteiger partial charge in [0.25, 0.3) is 0 Å². The van der Waals surface area contributed by atoms with Gasteiger partial charge < -0.3 is 15.0 Å². The second-order valence-corrected chi connectivity index (χ2v) is 5.20. The molecular weight excluding hydrogens is 268 g/mol. The van der Waals surface area contributed by atoms with E-state index in [1.807, 2.05) is 6.92 Å². The molecule has 7 heteroatoms. The number of ether oxygens (including phenoxy) is 1. The van der Waals surface area contributed by atoms with Gasteiger partial charge in [0.1, 0.15) is 0 Å². The molecule has 0 amide bonds. The van der Waals surface area contributed by atoms with Crippen LogP contribution in [0.3, 0.4) is 0 Å². The number of hydrogen-bond donors (Lipinski definition) is 1. The minimum absolute atomic E-state index is 0.385. The summed E-state index contributed by atoms with van der Waals surface area (Å²) in [4.78, 5) is 17.8. The molecule has 1 unspecified atom stereocenters. The number of nitrogens with one attached hydrogen (secondary N) is 1. The first-order chi connectivity index (χ1) is 10.2. The Hall–Kier alpha value is -1.63. The first-order valence-corrected chi connectivity index (χ1v) is 7.73. The van der Waals surface area contributed by atoms with Crippen LogP contribution in [0.4, 0.5) is 11.9 Å². The van der Waals surface area contributed by atoms with Crippen molar-refractivity contribution >= 4 is 11.9 Å². The molecule has 1 fully saturated rings. The van der Waals surface area contributed by atoms with Crippen LogP contribution in [0.2, 0.25) is 0 Å². The Morgan fingerprint density at radius 3 is 2.43 bits per heavy atom. The summed E-state index contributed by atoms with van der Waals surface area (Å²) >= 11 is 0. The number of aromatic nitrogens is 3. The second kappa shape index (κ2) is 7.40. The average Bonchev–Trinajstić information content (AvgIpc) is 2.54. The summed E-state index contributed by atoms with van der Waals surface area (Å²) in [5.41, 5.74) is 0. The van der Waals surface area contributed by atoms with Crippen LogP contribution < -0.4 is 15.0 Å². The largest absolute Gasteiger partial charge is 0.464 e. The summed E-state index contributed by atoms with van der Waals surface area (Å²) < 4.78 is 5.42. The highest BCUT2D eigenvalue weighted by Gasteiger charge is 2.22. The fraction of sp³-hybridized carbons (Fsp3) is 0.786. The van der Waals surface area contributed by atoms with Crippen molar-refractivity contribution in [2.75, 3.05) is 50.1 Å². The van der Waals surface area contributed by atoms with Gasteiger partial charge in [-0.1, -0.05) is 6.92 Å². The van der Waals surface area contributed by atoms with Crippen molar-refractivity contribution in [1.82, 2.24) is 19.9 Å². The predicted molar refractivity (Wildman–Crippen MR) is 84.1 cm³/mol. The molecule has 1 saturated heterocycles. The van der Waals surface area contributed by atoms with Crippen molar-refractivity contribution in [2.45, 2.75) is 33.2 Å². The van der Waals surface area contributed by atoms with Crippen molar-refractivity contribution in [3.63, 3.8) is 0 Å². The van der Waals surface area contributed by atoms with Crippen LogP contribution in [0.25, 0.3) is 0 Å². The van der Waals surface area contributed by atoms with Crippen molar-refractivity contribution in [3.8, 4) is 6.01 Å². The Bertz CT molecular complexity index is 447. The van der Waals surface area contributed by atoms with Crippen LogP contribution >= 0.6 is 0 Å². The molecule has 2 rings (SSSR count). The van der Waals surface area contributed by atoms with E-state index < -0.39 is 0 Å². The van der Waals surface area contributed by atoms with Crippen LogP contribution in [-0.4, -0.2) is 65.7 Å². The van der Waals surface area contributed by atoms with E-state index in [2.05, 4.69) is 43.9 Å². The van der Waals surface area contributed by atoms with E-state index in [1.165, 1.54) is 6.42 Å². The number of rotatable bonds is 6. The Morgan fingerprint density at radius 2 is 1.86 bits per heavy atom. The predicted octanol–water partition coefficient (Wildman–Crippen LogP) is 1.23. The molecule has 0 aromatic carbocycles. The molecule has 1 aliphatic heterocycles. The Kier molecular flexibility index (Phi) is 5.55. The lowest BCUT2D eigenvalue weighted by Crippen LogP contribution is -2.50. The number of nitrogens with zero attached hydrogens (tertiary/aromatic N) is 5. The van der Waals surface area contributed by atoms with Crippen molar-refractivity contribution in [2.24, 2.45) is 0 Å². The van der Waals surface area contributed by atoms with E-state index in [4.69, 9.17) is 4.74 Å². The maximum absolute atomic E-state index is 5.42. The molecule has 1 atom stereocenters. The van der Waals surface area contributed by atoms with Crippen LogP contribution in [0, 0.1) is 0 Å². The van der Waals surface area contributed by atoms with Gasteiger partial charge in [-0.25, -0.2) is 0 Å². The first kappa shape index (κ1) is 15.8. The Morgan fingerprint density at radius 1 is 1.14 bits per heavy atom. The molecular formula is C14H26N6O. The number of piperazine rings is 1. The minimum Gasteiger partial charge on any atom is -0.464 e. The van der Waals surface area contributed by atoms with Crippen LogP contribution in [0.15, 0.2) is 0 Å². The highest BCUT2D eigenvalue weighted by Crippen LogP contribution is 2.17. The number of anilines is 2. The lowest BCUT2D eigenvalue weighted by atomic mass is 10.2. The smallest absolute Gasteiger partial charge is 0.323 e. The highest BCUT2D eigenvalue weighted by atomic mass is 16.5. The minimum atomic E-state index is 0.385. The molecule has 0 saturated carbocycles. The van der Waals surface area contributed by atoms with Gasteiger partial charge in [0, 0.05) is 39.3 Å². The molecule has 0 bridgehead atoms. The first-order valence-electron chi connectivity index (χ1n) is 7.73. The maximum Gasteiger partial charge on any atom is 0.323 e. The molecule has 0 radical (unpaired) electrons. The molecule has 1 N–H and O–H groups in total. The third kappa shape index (κ3) is 3.93. The van der Waals surface area contributed by atoms with Crippen molar-refractivity contribution in [3.05, 3.63) is 0 Å². The molecule has 2 heterocycles. The molecule has 0 spiro atoms. The molecule has 1 aliphatic rings. The van der Waals surface area contributed by atoms with Crippen molar-refractivity contribution in [1.29, 1.82) is 0 Å². The van der Waals surface area contributed by atoms with Gasteiger partial charge in [-0.2, -0.15) is 15.0 Å². The molecule has 21 heavy (non-hydrogen) atoms. The monoisotopic (exact) mass is 294 g/mol. The second-order valence-electron chi connectivity index (χ2n) is 5.20. The molecule has 7 nitrogen and oxygen atoms in total. The van der Waals surface area contributed by atoms with E-state index in [0.29, 0.717) is 30.6 Å². The summed E-state index contributed by atoms with van der Waals surface area (Å²) in [6.07, 6.45) is 1.18. The van der Waals surface area contributed by atoms with E-state index in [1.54, 1.807) is 7.05 Å². The molecule has 1 aromatic rings. The van der Waals surface area contributed by atoms with Gasteiger partial charge in [0.05, 0.1) is 6.61 Å². The average molecular weight is 294 g/mol. The lowest BCUT2D eigenvalue weighted by molar-refractivity contribution is 0.192. The lowest BCUT2D eigenvalue weighted by Gasteiger charge is -2.37. The van der Waals surface area contributed by atoms with Gasteiger partial charge in [-0.05, 0) is 20.3 Å². The zero-order valence-electron chi connectivity index (χ0n) is 13.5. The molecule has 1 aromatic heterocycles. The SMILES string of the molecule is CCOc1nc(NC)nc(N2CCN(C(C)CC)CC2)n1. The van der Waals surface area contributed by atoms with Gasteiger partial charge in [0.2, 0.25) is 11.9 Å². The summed E-state index contributed by atoms with van der Waals surface area (Å²) in [5.74, 6) is 1.24. The van der Waals surface area contributed by atoms with E-state index in [0.717, 1.165) is 26.2 Å². The number of hydrogen-bond acceptors (Lipinski definition) is 7. The van der Waals surface area contributed by atoms with E-state index >= 15 is 0 Å². The van der Waals surface area contributed by atoms with Gasteiger partial charge in [-0.15, -0.1) is 0 Å². The van der Waals surface area contributed by atoms with Gasteiger partial charge in [0.15, 0.2) is 0 Å². The summed E-state index contributed by atoms with van der Waals surface area (Å²) in [5, 5.41) is 2.96. The zero-order valence-corrected chi connectivity index (χ0v) is 13.5. The van der Waals surface area contributed by atoms with E-state index in [-0.39, 0.29) is 0 Å². The van der Waals surface area contributed by atoms with Crippen LogP contribution in [0.1, 0.15) is 27.2 Å². The fourth-order valence-electron chi connectivity index (χ4n) is 2.41. The van der Waals surface area contributed by atoms with E-state index in [9.17, 15) is 0 Å². The fourth-order valence-corrected chi connectivity index (χ4v) is 2.41. The zero-order chi connectivity index (χ0) is 15.2. The third-order valence-electron chi connectivity index (χ3n) is 3.91. The third-order valence-corrected chi connectivity index (χ3v) is 3.91. The highest BCUT2D eigenvalue weighted by molar-refractivity contribution is 5.38. The quantitative estimate of drug-likeness (QED) is 0.846. The van der Waals surface area contributed by atoms with Gasteiger partial charge >= 0.3 is 6.01 Å². The normalized spacial score (nSPS) is 17.6. The Balaban J connectivity index is 2.07. The van der Waals surface area contributed by atoms with Crippen molar-refractivity contribution < 1.29 is 4.74 Å². The van der Waals surface area contributed by atoms with Crippen LogP contribution in [0.5, 0.6) is 6.01 Å².